The Bertz CT molecular complexity index is 888. The number of nitrogens with zero attached hydrogens (tertiary/aromatic N) is 2. The maximum Gasteiger partial charge on any atom is 0.328 e. The Kier molecular flexibility index (Phi) is 9.23. The van der Waals surface area contributed by atoms with Crippen LogP contribution in [0.25, 0.3) is 0 Å². The van der Waals surface area contributed by atoms with Crippen molar-refractivity contribution in [1.82, 2.24) is 4.90 Å². The van der Waals surface area contributed by atoms with Gasteiger partial charge in [0.1, 0.15) is 17.6 Å². The van der Waals surface area contributed by atoms with Crippen LogP contribution in [0.3, 0.4) is 0 Å². The van der Waals surface area contributed by atoms with Gasteiger partial charge in [-0.05, 0) is 43.9 Å². The summed E-state index contributed by atoms with van der Waals surface area (Å²) in [6, 6.07) is 14.9. The highest BCUT2D eigenvalue weighted by molar-refractivity contribution is 6.30. The molecule has 0 bridgehead atoms. The highest BCUT2D eigenvalue weighted by atomic mass is 35.5. The van der Waals surface area contributed by atoms with E-state index >= 15 is 0 Å². The predicted octanol–water partition coefficient (Wildman–Crippen LogP) is 3.78. The smallest absolute Gasteiger partial charge is 0.328 e. The van der Waals surface area contributed by atoms with Crippen molar-refractivity contribution in [3.05, 3.63) is 70.8 Å². The Hall–Kier alpha value is -3.34. The zero-order valence-corrected chi connectivity index (χ0v) is 16.1. The first-order chi connectivity index (χ1) is 13.2. The van der Waals surface area contributed by atoms with Crippen molar-refractivity contribution in [3.63, 3.8) is 0 Å². The van der Waals surface area contributed by atoms with Crippen LogP contribution in [-0.2, 0) is 16.1 Å². The van der Waals surface area contributed by atoms with E-state index in [1.54, 1.807) is 18.2 Å². The zero-order valence-electron chi connectivity index (χ0n) is 15.3. The molecule has 2 aromatic carbocycles. The molecule has 0 spiro atoms. The van der Waals surface area contributed by atoms with Gasteiger partial charge in [-0.15, -0.1) is 0 Å². The second kappa shape index (κ2) is 11.4. The Morgan fingerprint density at radius 3 is 2.32 bits per heavy atom. The van der Waals surface area contributed by atoms with Crippen molar-refractivity contribution >= 4 is 23.5 Å². The lowest BCUT2D eigenvalue weighted by Crippen LogP contribution is -2.10. The van der Waals surface area contributed by atoms with Gasteiger partial charge in [-0.3, -0.25) is 0 Å². The number of ether oxygens (including phenoxy) is 1. The van der Waals surface area contributed by atoms with Gasteiger partial charge in [-0.2, -0.15) is 5.26 Å². The number of hydrogen-bond acceptors (Lipinski definition) is 5. The van der Waals surface area contributed by atoms with Gasteiger partial charge in [-0.25, -0.2) is 9.59 Å². The van der Waals surface area contributed by atoms with Gasteiger partial charge in [0.15, 0.2) is 0 Å². The van der Waals surface area contributed by atoms with E-state index in [1.165, 1.54) is 0 Å². The Morgan fingerprint density at radius 2 is 1.79 bits per heavy atom. The standard InChI is InChI=1S/C16H15ClN2O.C4H4O4/c1-19(2)11-12-4-3-5-15(8-12)20-16-9-14(17)7-6-13(16)10-18;5-3(6)1-2-4(7)8/h3-9H,11H2,1-2H3;1-2H,(H,5,6)(H,7,8)/b;2-1+. The highest BCUT2D eigenvalue weighted by Gasteiger charge is 2.06. The lowest BCUT2D eigenvalue weighted by Gasteiger charge is -2.12. The van der Waals surface area contributed by atoms with Crippen LogP contribution >= 0.6 is 11.6 Å². The molecule has 146 valence electrons. The van der Waals surface area contributed by atoms with Crippen LogP contribution in [0.5, 0.6) is 11.5 Å². The zero-order chi connectivity index (χ0) is 21.1. The van der Waals surface area contributed by atoms with E-state index < -0.39 is 11.9 Å². The van der Waals surface area contributed by atoms with Gasteiger partial charge in [0.2, 0.25) is 0 Å². The molecule has 2 N–H and O–H groups in total. The first-order valence-electron chi connectivity index (χ1n) is 7.96. The molecule has 0 heterocycles. The third-order valence-electron chi connectivity index (χ3n) is 3.06. The van der Waals surface area contributed by atoms with Crippen LogP contribution in [0, 0.1) is 11.3 Å². The Morgan fingerprint density at radius 1 is 1.14 bits per heavy atom. The van der Waals surface area contributed by atoms with E-state index in [4.69, 9.17) is 31.8 Å². The summed E-state index contributed by atoms with van der Waals surface area (Å²) in [5.41, 5.74) is 1.61. The molecular formula is C20H19ClN2O5. The molecular weight excluding hydrogens is 384 g/mol. The van der Waals surface area contributed by atoms with Crippen molar-refractivity contribution in [2.24, 2.45) is 0 Å². The first-order valence-corrected chi connectivity index (χ1v) is 8.34. The molecule has 0 amide bonds. The van der Waals surface area contributed by atoms with E-state index in [0.29, 0.717) is 34.2 Å². The van der Waals surface area contributed by atoms with Gasteiger partial charge in [0, 0.05) is 29.8 Å². The monoisotopic (exact) mass is 402 g/mol. The molecule has 0 aliphatic carbocycles. The van der Waals surface area contributed by atoms with Crippen LogP contribution in [0.1, 0.15) is 11.1 Å². The predicted molar refractivity (Wildman–Crippen MR) is 104 cm³/mol. The molecule has 28 heavy (non-hydrogen) atoms. The van der Waals surface area contributed by atoms with Crippen LogP contribution in [0.2, 0.25) is 5.02 Å². The van der Waals surface area contributed by atoms with Gasteiger partial charge in [-0.1, -0.05) is 23.7 Å². The van der Waals surface area contributed by atoms with E-state index in [2.05, 4.69) is 11.0 Å². The summed E-state index contributed by atoms with van der Waals surface area (Å²) in [6.45, 7) is 0.831. The fraction of sp³-hybridized carbons (Fsp3) is 0.150. The molecule has 0 aliphatic heterocycles. The molecule has 0 saturated carbocycles. The van der Waals surface area contributed by atoms with Crippen molar-refractivity contribution in [1.29, 1.82) is 5.26 Å². The van der Waals surface area contributed by atoms with Crippen LogP contribution in [0.15, 0.2) is 54.6 Å². The normalized spacial score (nSPS) is 10.1. The molecule has 0 aromatic heterocycles. The molecule has 8 heteroatoms. The van der Waals surface area contributed by atoms with Gasteiger partial charge in [0.05, 0.1) is 5.56 Å². The maximum absolute atomic E-state index is 9.55. The molecule has 0 aliphatic rings. The molecule has 0 unspecified atom stereocenters. The third-order valence-corrected chi connectivity index (χ3v) is 3.29. The lowest BCUT2D eigenvalue weighted by atomic mass is 10.2. The fourth-order valence-electron chi connectivity index (χ4n) is 2.02. The summed E-state index contributed by atoms with van der Waals surface area (Å²) in [7, 11) is 4.02. The minimum atomic E-state index is -1.26. The number of nitriles is 1. The summed E-state index contributed by atoms with van der Waals surface area (Å²) >= 11 is 5.94. The number of halogens is 1. The molecule has 0 radical (unpaired) electrons. The number of benzene rings is 2. The van der Waals surface area contributed by atoms with Crippen molar-refractivity contribution < 1.29 is 24.5 Å². The molecule has 2 rings (SSSR count). The van der Waals surface area contributed by atoms with E-state index in [-0.39, 0.29) is 0 Å². The fourth-order valence-corrected chi connectivity index (χ4v) is 2.18. The van der Waals surface area contributed by atoms with E-state index in [0.717, 1.165) is 12.1 Å². The van der Waals surface area contributed by atoms with Gasteiger partial charge >= 0.3 is 11.9 Å². The van der Waals surface area contributed by atoms with Gasteiger partial charge in [0.25, 0.3) is 0 Å². The van der Waals surface area contributed by atoms with Crippen molar-refractivity contribution in [2.75, 3.05) is 14.1 Å². The minimum absolute atomic E-state index is 0.465. The van der Waals surface area contributed by atoms with Crippen LogP contribution in [-0.4, -0.2) is 41.1 Å². The van der Waals surface area contributed by atoms with Gasteiger partial charge < -0.3 is 19.8 Å². The average molecular weight is 403 g/mol. The molecule has 0 atom stereocenters. The molecule has 0 saturated heterocycles. The second-order valence-electron chi connectivity index (χ2n) is 5.75. The SMILES string of the molecule is CN(C)Cc1cccc(Oc2cc(Cl)ccc2C#N)c1.O=C(O)/C=C/C(=O)O. The quantitative estimate of drug-likeness (QED) is 0.707. The summed E-state index contributed by atoms with van der Waals surface area (Å²) in [5, 5.41) is 25.3. The number of carboxylic acid groups (broad SMARTS) is 2. The van der Waals surface area contributed by atoms with E-state index in [9.17, 15) is 9.59 Å². The minimum Gasteiger partial charge on any atom is -0.478 e. The van der Waals surface area contributed by atoms with Crippen molar-refractivity contribution in [2.45, 2.75) is 6.54 Å². The van der Waals surface area contributed by atoms with Crippen molar-refractivity contribution in [3.8, 4) is 17.6 Å². The number of rotatable bonds is 6. The summed E-state index contributed by atoms with van der Waals surface area (Å²) in [5.74, 6) is -1.34. The maximum atomic E-state index is 9.55. The molecule has 2 aromatic rings. The molecule has 0 fully saturated rings. The van der Waals surface area contributed by atoms with E-state index in [1.807, 2.05) is 38.4 Å². The summed E-state index contributed by atoms with van der Waals surface area (Å²) < 4.78 is 5.78. The second-order valence-corrected chi connectivity index (χ2v) is 6.19. The topological polar surface area (TPSA) is 111 Å². The average Bonchev–Trinajstić information content (AvgIpc) is 2.60. The molecule has 7 nitrogen and oxygen atoms in total. The number of carboxylic acids is 2. The summed E-state index contributed by atoms with van der Waals surface area (Å²) in [6.07, 6.45) is 1.12. The largest absolute Gasteiger partial charge is 0.478 e. The number of carbonyl (C=O) groups is 2. The van der Waals surface area contributed by atoms with Crippen LogP contribution in [0.4, 0.5) is 0 Å². The Balaban J connectivity index is 0.000000416. The van der Waals surface area contributed by atoms with Crippen LogP contribution < -0.4 is 4.74 Å². The highest BCUT2D eigenvalue weighted by Crippen LogP contribution is 2.28. The Labute approximate surface area is 167 Å². The summed E-state index contributed by atoms with van der Waals surface area (Å²) in [4.78, 5) is 21.2. The number of hydrogen-bond donors (Lipinski definition) is 2. The third kappa shape index (κ3) is 8.85. The first kappa shape index (κ1) is 22.7. The number of aliphatic carboxylic acids is 2. The lowest BCUT2D eigenvalue weighted by molar-refractivity contribution is -0.134.